The van der Waals surface area contributed by atoms with Gasteiger partial charge in [-0.1, -0.05) is 110 Å². The highest BCUT2D eigenvalue weighted by atomic mass is 35.5. The summed E-state index contributed by atoms with van der Waals surface area (Å²) in [7, 11) is 0. The maximum absolute atomic E-state index is 11.1. The fraction of sp³-hybridized carbons (Fsp3) is 0.842. The molecule has 2 rings (SSSR count). The number of unbranched alkanes of at least 4 members (excludes halogenated alkanes) is 13. The first-order valence-corrected chi connectivity index (χ1v) is 19.6. The second-order valence-electron chi connectivity index (χ2n) is 13.6. The first kappa shape index (κ1) is 41.4. The van der Waals surface area contributed by atoms with Gasteiger partial charge in [-0.25, -0.2) is 0 Å². The quantitative estimate of drug-likeness (QED) is 0.0542. The molecule has 1 aromatic rings. The van der Waals surface area contributed by atoms with Gasteiger partial charge in [0, 0.05) is 16.3 Å². The number of aromatic hydroxyl groups is 1. The summed E-state index contributed by atoms with van der Waals surface area (Å²) in [5, 5.41) is 42.1. The summed E-state index contributed by atoms with van der Waals surface area (Å²) in [5.41, 5.74) is 1.64. The summed E-state index contributed by atoms with van der Waals surface area (Å²) in [6.45, 7) is 4.33. The number of aliphatic hydroxyl groups is 3. The van der Waals surface area contributed by atoms with Gasteiger partial charge < -0.3 is 29.9 Å². The fourth-order valence-electron chi connectivity index (χ4n) is 6.32. The molecule has 6 nitrogen and oxygen atoms in total. The third-order valence-corrected chi connectivity index (χ3v) is 10.2. The predicted molar refractivity (Wildman–Crippen MR) is 191 cm³/mol. The lowest BCUT2D eigenvalue weighted by Gasteiger charge is -2.35. The first-order valence-electron chi connectivity index (χ1n) is 18.7. The number of benzene rings is 1. The van der Waals surface area contributed by atoms with Crippen LogP contribution in [-0.4, -0.2) is 62.4 Å². The van der Waals surface area contributed by atoms with Crippen LogP contribution in [-0.2, 0) is 17.6 Å². The van der Waals surface area contributed by atoms with Gasteiger partial charge in [0.25, 0.3) is 0 Å². The summed E-state index contributed by atoms with van der Waals surface area (Å²) in [6.07, 6.45) is 20.7. The van der Waals surface area contributed by atoms with Gasteiger partial charge in [-0.05, 0) is 69.1 Å². The number of phenols is 1. The van der Waals surface area contributed by atoms with Gasteiger partial charge in [0.05, 0.1) is 6.61 Å². The van der Waals surface area contributed by atoms with Crippen molar-refractivity contribution in [2.75, 3.05) is 6.61 Å². The van der Waals surface area contributed by atoms with E-state index in [1.165, 1.54) is 70.6 Å². The summed E-state index contributed by atoms with van der Waals surface area (Å²) in [4.78, 5) is 0. The minimum Gasteiger partial charge on any atom is -0.508 e. The Bertz CT molecular complexity index is 902. The number of alkyl halides is 2. The second-order valence-corrected chi connectivity index (χ2v) is 14.8. The van der Waals surface area contributed by atoms with Crippen molar-refractivity contribution in [1.29, 1.82) is 0 Å². The molecular weight excluding hydrogens is 623 g/mol. The van der Waals surface area contributed by atoms with Gasteiger partial charge in [-0.2, -0.15) is 0 Å². The molecule has 0 saturated carbocycles. The lowest BCUT2D eigenvalue weighted by atomic mass is 9.98. The van der Waals surface area contributed by atoms with E-state index in [0.717, 1.165) is 76.2 Å². The monoisotopic (exact) mass is 688 g/mol. The molecule has 1 aliphatic rings. The van der Waals surface area contributed by atoms with Gasteiger partial charge in [0.15, 0.2) is 0 Å². The van der Waals surface area contributed by atoms with Crippen LogP contribution >= 0.6 is 23.2 Å². The summed E-state index contributed by atoms with van der Waals surface area (Å²) in [5.74, 6) is 0.643. The van der Waals surface area contributed by atoms with Crippen LogP contribution in [0, 0.1) is 0 Å². The Labute approximate surface area is 290 Å². The molecule has 1 fully saturated rings. The van der Waals surface area contributed by atoms with Gasteiger partial charge in [-0.15, -0.1) is 23.2 Å². The number of halogens is 2. The standard InChI is InChI=1S/C38H66Cl2O6/c1-3-5-7-9-10-11-16-22-31(40)23-17-12-14-20-29-26-33(41)32(25-19-13-18-24-30(39)21-15-8-6-4-2)35(27-29)46-38-37(44)36(43)34(42)28-45-38/h26-27,30-31,34,36-38,41-44H,3-25,28H2,1-2H3. The predicted octanol–water partition coefficient (Wildman–Crippen LogP) is 9.74. The molecule has 268 valence electrons. The molecule has 0 aromatic heterocycles. The summed E-state index contributed by atoms with van der Waals surface area (Å²) >= 11 is 13.2. The minimum absolute atomic E-state index is 0.136. The third-order valence-electron chi connectivity index (χ3n) is 9.36. The zero-order valence-electron chi connectivity index (χ0n) is 29.0. The third kappa shape index (κ3) is 17.1. The Morgan fingerprint density at radius 3 is 1.72 bits per heavy atom. The van der Waals surface area contributed by atoms with Crippen LogP contribution < -0.4 is 4.74 Å². The first-order chi connectivity index (χ1) is 22.3. The van der Waals surface area contributed by atoms with Crippen molar-refractivity contribution >= 4 is 23.2 Å². The molecule has 1 saturated heterocycles. The second kappa shape index (κ2) is 25.2. The van der Waals surface area contributed by atoms with Gasteiger partial charge >= 0.3 is 0 Å². The van der Waals surface area contributed by atoms with E-state index in [2.05, 4.69) is 13.8 Å². The van der Waals surface area contributed by atoms with E-state index in [0.29, 0.717) is 17.7 Å². The number of ether oxygens (including phenoxy) is 2. The molecule has 8 heteroatoms. The molecule has 46 heavy (non-hydrogen) atoms. The van der Waals surface area contributed by atoms with E-state index in [-0.39, 0.29) is 23.1 Å². The molecule has 0 aliphatic carbocycles. The van der Waals surface area contributed by atoms with Crippen molar-refractivity contribution in [2.45, 2.75) is 197 Å². The Kier molecular flexibility index (Phi) is 22.7. The molecule has 0 spiro atoms. The van der Waals surface area contributed by atoms with Crippen molar-refractivity contribution in [2.24, 2.45) is 0 Å². The lowest BCUT2D eigenvalue weighted by Crippen LogP contribution is -2.54. The van der Waals surface area contributed by atoms with Gasteiger partial charge in [0.1, 0.15) is 29.8 Å². The molecule has 0 amide bonds. The SMILES string of the molecule is CCCCCCCCCC(Cl)CCCCCc1cc(O)c(CCCCCC(Cl)CCCCCC)c(OC2OCC(O)C(O)C2O)c1. The van der Waals surface area contributed by atoms with Crippen molar-refractivity contribution in [1.82, 2.24) is 0 Å². The Hall–Kier alpha value is -0.760. The average Bonchev–Trinajstić information content (AvgIpc) is 3.03. The van der Waals surface area contributed by atoms with Crippen molar-refractivity contribution in [3.8, 4) is 11.5 Å². The van der Waals surface area contributed by atoms with E-state index in [4.69, 9.17) is 32.7 Å². The Balaban J connectivity index is 1.85. The molecule has 1 heterocycles. The zero-order chi connectivity index (χ0) is 33.6. The summed E-state index contributed by atoms with van der Waals surface area (Å²) in [6, 6.07) is 3.76. The topological polar surface area (TPSA) is 99.4 Å². The lowest BCUT2D eigenvalue weighted by molar-refractivity contribution is -0.242. The molecule has 1 aliphatic heterocycles. The van der Waals surface area contributed by atoms with E-state index in [1.54, 1.807) is 0 Å². The van der Waals surface area contributed by atoms with Gasteiger partial charge in [0.2, 0.25) is 6.29 Å². The number of aryl methyl sites for hydroxylation is 1. The number of aliphatic hydroxyl groups excluding tert-OH is 3. The molecule has 0 radical (unpaired) electrons. The van der Waals surface area contributed by atoms with E-state index in [1.807, 2.05) is 12.1 Å². The van der Waals surface area contributed by atoms with Crippen LogP contribution in [0.4, 0.5) is 0 Å². The number of hydrogen-bond acceptors (Lipinski definition) is 6. The maximum atomic E-state index is 11.1. The molecule has 6 unspecified atom stereocenters. The number of phenolic OH excluding ortho intramolecular Hbond substituents is 1. The fourth-order valence-corrected chi connectivity index (χ4v) is 6.93. The molecule has 4 N–H and O–H groups in total. The van der Waals surface area contributed by atoms with Crippen LogP contribution in [0.3, 0.4) is 0 Å². The number of rotatable bonds is 27. The maximum Gasteiger partial charge on any atom is 0.228 e. The van der Waals surface area contributed by atoms with Crippen LogP contribution in [0.1, 0.15) is 160 Å². The smallest absolute Gasteiger partial charge is 0.228 e. The zero-order valence-corrected chi connectivity index (χ0v) is 30.5. The van der Waals surface area contributed by atoms with Crippen molar-refractivity contribution in [3.63, 3.8) is 0 Å². The van der Waals surface area contributed by atoms with Gasteiger partial charge in [-0.3, -0.25) is 0 Å². The Morgan fingerprint density at radius 1 is 0.674 bits per heavy atom. The molecule has 1 aromatic carbocycles. The Morgan fingerprint density at radius 2 is 1.15 bits per heavy atom. The van der Waals surface area contributed by atoms with E-state index < -0.39 is 24.6 Å². The highest BCUT2D eigenvalue weighted by Crippen LogP contribution is 2.34. The van der Waals surface area contributed by atoms with Crippen LogP contribution in [0.2, 0.25) is 0 Å². The van der Waals surface area contributed by atoms with Crippen LogP contribution in [0.25, 0.3) is 0 Å². The van der Waals surface area contributed by atoms with E-state index in [9.17, 15) is 20.4 Å². The van der Waals surface area contributed by atoms with Crippen molar-refractivity contribution < 1.29 is 29.9 Å². The highest BCUT2D eigenvalue weighted by Gasteiger charge is 2.39. The highest BCUT2D eigenvalue weighted by molar-refractivity contribution is 6.20. The van der Waals surface area contributed by atoms with Crippen LogP contribution in [0.15, 0.2) is 12.1 Å². The van der Waals surface area contributed by atoms with E-state index >= 15 is 0 Å². The number of hydrogen-bond donors (Lipinski definition) is 4. The molecule has 0 bridgehead atoms. The van der Waals surface area contributed by atoms with Crippen LogP contribution in [0.5, 0.6) is 11.5 Å². The average molecular weight is 690 g/mol. The largest absolute Gasteiger partial charge is 0.508 e. The van der Waals surface area contributed by atoms with Crippen molar-refractivity contribution in [3.05, 3.63) is 23.3 Å². The molecule has 6 atom stereocenters. The minimum atomic E-state index is -1.40. The summed E-state index contributed by atoms with van der Waals surface area (Å²) < 4.78 is 11.6. The molecular formula is C38H66Cl2O6. The normalized spacial score (nSPS) is 21.4.